The van der Waals surface area contributed by atoms with Gasteiger partial charge < -0.3 is 20.1 Å². The Kier molecular flexibility index (Phi) is 9.68. The van der Waals surface area contributed by atoms with Crippen molar-refractivity contribution in [3.63, 3.8) is 0 Å². The number of guanidine groups is 1. The second kappa shape index (κ2) is 11.6. The lowest BCUT2D eigenvalue weighted by atomic mass is 10.1. The van der Waals surface area contributed by atoms with Gasteiger partial charge in [-0.15, -0.1) is 0 Å². The number of nitrogens with one attached hydrogen (secondary N) is 2. The summed E-state index contributed by atoms with van der Waals surface area (Å²) in [6.07, 6.45) is 1.87. The van der Waals surface area contributed by atoms with Gasteiger partial charge in [0.1, 0.15) is 5.75 Å². The fraction of sp³-hybridized carbons (Fsp3) is 0.529. The summed E-state index contributed by atoms with van der Waals surface area (Å²) in [7, 11) is 3.32. The van der Waals surface area contributed by atoms with Gasteiger partial charge in [0.05, 0.1) is 13.7 Å². The van der Waals surface area contributed by atoms with E-state index in [4.69, 9.17) is 21.1 Å². The van der Waals surface area contributed by atoms with E-state index in [0.29, 0.717) is 43.5 Å². The fourth-order valence-electron chi connectivity index (χ4n) is 2.07. The number of hydrogen-bond donors (Lipinski definition) is 2. The van der Waals surface area contributed by atoms with E-state index in [1.807, 2.05) is 12.1 Å². The molecule has 7 heteroatoms. The second-order valence-corrected chi connectivity index (χ2v) is 5.45. The number of carbonyl (C=O) groups excluding carboxylic acids is 1. The van der Waals surface area contributed by atoms with Crippen LogP contribution in [0.1, 0.15) is 25.3 Å². The number of nitrogens with zero attached hydrogens (tertiary/aromatic N) is 1. The van der Waals surface area contributed by atoms with Gasteiger partial charge in [0.15, 0.2) is 5.96 Å². The van der Waals surface area contributed by atoms with E-state index in [-0.39, 0.29) is 5.97 Å². The summed E-state index contributed by atoms with van der Waals surface area (Å²) >= 11 is 6.22. The SMILES string of the molecule is CCOC(=O)CCCNC(=NC)NCCc1ccc(OC)cc1Cl. The van der Waals surface area contributed by atoms with Crippen molar-refractivity contribution in [3.8, 4) is 5.75 Å². The van der Waals surface area contributed by atoms with E-state index in [2.05, 4.69) is 15.6 Å². The minimum atomic E-state index is -0.170. The predicted molar refractivity (Wildman–Crippen MR) is 96.9 cm³/mol. The van der Waals surface area contributed by atoms with Gasteiger partial charge >= 0.3 is 5.97 Å². The summed E-state index contributed by atoms with van der Waals surface area (Å²) in [5, 5.41) is 7.07. The zero-order valence-electron chi connectivity index (χ0n) is 14.5. The number of halogens is 1. The molecule has 0 saturated heterocycles. The van der Waals surface area contributed by atoms with Crippen LogP contribution in [-0.2, 0) is 16.0 Å². The smallest absolute Gasteiger partial charge is 0.305 e. The fourth-order valence-corrected chi connectivity index (χ4v) is 2.33. The minimum absolute atomic E-state index is 0.170. The van der Waals surface area contributed by atoms with Crippen LogP contribution in [0.5, 0.6) is 5.75 Å². The quantitative estimate of drug-likeness (QED) is 0.308. The Morgan fingerprint density at radius 1 is 1.29 bits per heavy atom. The second-order valence-electron chi connectivity index (χ2n) is 5.04. The molecule has 0 aromatic heterocycles. The van der Waals surface area contributed by atoms with E-state index in [0.717, 1.165) is 17.7 Å². The van der Waals surface area contributed by atoms with Crippen LogP contribution >= 0.6 is 11.6 Å². The van der Waals surface area contributed by atoms with Crippen molar-refractivity contribution in [1.82, 2.24) is 10.6 Å². The monoisotopic (exact) mass is 355 g/mol. The van der Waals surface area contributed by atoms with Gasteiger partial charge in [0.25, 0.3) is 0 Å². The molecule has 0 aliphatic carbocycles. The molecular weight excluding hydrogens is 330 g/mol. The third-order valence-corrected chi connectivity index (χ3v) is 3.68. The summed E-state index contributed by atoms with van der Waals surface area (Å²) < 4.78 is 10.0. The molecule has 0 aliphatic rings. The molecule has 0 fully saturated rings. The van der Waals surface area contributed by atoms with Crippen molar-refractivity contribution in [2.75, 3.05) is 33.9 Å². The zero-order chi connectivity index (χ0) is 17.8. The Morgan fingerprint density at radius 3 is 2.67 bits per heavy atom. The number of rotatable bonds is 9. The highest BCUT2D eigenvalue weighted by atomic mass is 35.5. The van der Waals surface area contributed by atoms with Crippen LogP contribution in [0.4, 0.5) is 0 Å². The van der Waals surface area contributed by atoms with Crippen molar-refractivity contribution < 1.29 is 14.3 Å². The molecule has 0 spiro atoms. The molecule has 0 radical (unpaired) electrons. The zero-order valence-corrected chi connectivity index (χ0v) is 15.3. The highest BCUT2D eigenvalue weighted by Gasteiger charge is 2.04. The van der Waals surface area contributed by atoms with E-state index >= 15 is 0 Å². The van der Waals surface area contributed by atoms with Gasteiger partial charge in [-0.25, -0.2) is 0 Å². The van der Waals surface area contributed by atoms with Crippen molar-refractivity contribution in [2.24, 2.45) is 4.99 Å². The van der Waals surface area contributed by atoms with E-state index < -0.39 is 0 Å². The molecule has 0 unspecified atom stereocenters. The summed E-state index contributed by atoms with van der Waals surface area (Å²) in [6, 6.07) is 5.65. The lowest BCUT2D eigenvalue weighted by Crippen LogP contribution is -2.38. The van der Waals surface area contributed by atoms with Crippen LogP contribution < -0.4 is 15.4 Å². The third kappa shape index (κ3) is 7.55. The van der Waals surface area contributed by atoms with Crippen LogP contribution in [0.15, 0.2) is 23.2 Å². The minimum Gasteiger partial charge on any atom is -0.497 e. The number of benzene rings is 1. The molecule has 0 bridgehead atoms. The van der Waals surface area contributed by atoms with Gasteiger partial charge in [-0.2, -0.15) is 0 Å². The number of hydrogen-bond acceptors (Lipinski definition) is 4. The highest BCUT2D eigenvalue weighted by molar-refractivity contribution is 6.31. The van der Waals surface area contributed by atoms with Crippen LogP contribution in [0.25, 0.3) is 0 Å². The topological polar surface area (TPSA) is 72.0 Å². The van der Waals surface area contributed by atoms with Crippen LogP contribution in [0.3, 0.4) is 0 Å². The molecule has 0 aliphatic heterocycles. The van der Waals surface area contributed by atoms with Gasteiger partial charge in [-0.05, 0) is 37.5 Å². The molecule has 0 saturated carbocycles. The standard InChI is InChI=1S/C17H26ClN3O3/c1-4-24-16(22)6-5-10-20-17(19-2)21-11-9-13-7-8-14(23-3)12-15(13)18/h7-8,12H,4-6,9-11H2,1-3H3,(H2,19,20,21). The van der Waals surface area contributed by atoms with Crippen molar-refractivity contribution in [2.45, 2.75) is 26.2 Å². The Balaban J connectivity index is 2.28. The Bertz CT molecular complexity index is 550. The molecule has 134 valence electrons. The average Bonchev–Trinajstić information content (AvgIpc) is 2.58. The molecule has 0 heterocycles. The number of ether oxygens (including phenoxy) is 2. The molecule has 1 aromatic carbocycles. The number of methoxy groups -OCH3 is 1. The summed E-state index contributed by atoms with van der Waals surface area (Å²) in [5.41, 5.74) is 1.04. The average molecular weight is 356 g/mol. The third-order valence-electron chi connectivity index (χ3n) is 3.33. The van der Waals surface area contributed by atoms with Crippen LogP contribution in [0, 0.1) is 0 Å². The summed E-state index contributed by atoms with van der Waals surface area (Å²) in [4.78, 5) is 15.4. The first-order chi connectivity index (χ1) is 11.6. The summed E-state index contributed by atoms with van der Waals surface area (Å²) in [6.45, 7) is 3.58. The van der Waals surface area contributed by atoms with Gasteiger partial charge in [0, 0.05) is 31.6 Å². The van der Waals surface area contributed by atoms with Gasteiger partial charge in [-0.1, -0.05) is 17.7 Å². The molecule has 6 nitrogen and oxygen atoms in total. The summed E-state index contributed by atoms with van der Waals surface area (Å²) in [5.74, 6) is 1.27. The Labute approximate surface area is 148 Å². The largest absolute Gasteiger partial charge is 0.497 e. The highest BCUT2D eigenvalue weighted by Crippen LogP contribution is 2.22. The van der Waals surface area contributed by atoms with Crippen molar-refractivity contribution >= 4 is 23.5 Å². The number of aliphatic imine (C=N–C) groups is 1. The molecule has 2 N–H and O–H groups in total. The molecule has 1 rings (SSSR count). The van der Waals surface area contributed by atoms with Crippen molar-refractivity contribution in [3.05, 3.63) is 28.8 Å². The molecular formula is C17H26ClN3O3. The van der Waals surface area contributed by atoms with E-state index in [1.54, 1.807) is 27.1 Å². The Morgan fingerprint density at radius 2 is 2.04 bits per heavy atom. The maximum absolute atomic E-state index is 11.2. The predicted octanol–water partition coefficient (Wildman–Crippen LogP) is 2.40. The van der Waals surface area contributed by atoms with Crippen LogP contribution in [0.2, 0.25) is 5.02 Å². The first kappa shape index (κ1) is 20.1. The van der Waals surface area contributed by atoms with E-state index in [1.165, 1.54) is 0 Å². The number of esters is 1. The molecule has 1 aromatic rings. The maximum atomic E-state index is 11.2. The maximum Gasteiger partial charge on any atom is 0.305 e. The molecule has 24 heavy (non-hydrogen) atoms. The van der Waals surface area contributed by atoms with Crippen LogP contribution in [-0.4, -0.2) is 45.8 Å². The van der Waals surface area contributed by atoms with E-state index in [9.17, 15) is 4.79 Å². The van der Waals surface area contributed by atoms with Gasteiger partial charge in [0.2, 0.25) is 0 Å². The first-order valence-corrected chi connectivity index (χ1v) is 8.41. The Hall–Kier alpha value is -1.95. The van der Waals surface area contributed by atoms with Gasteiger partial charge in [-0.3, -0.25) is 9.79 Å². The normalized spacial score (nSPS) is 11.1. The molecule has 0 atom stereocenters. The van der Waals surface area contributed by atoms with Crippen molar-refractivity contribution in [1.29, 1.82) is 0 Å². The lowest BCUT2D eigenvalue weighted by molar-refractivity contribution is -0.143. The number of carbonyl (C=O) groups is 1. The lowest BCUT2D eigenvalue weighted by Gasteiger charge is -2.12. The molecule has 0 amide bonds. The first-order valence-electron chi connectivity index (χ1n) is 8.03.